The molecule has 8 atom stereocenters. The minimum Gasteiger partial charge on any atom is -0.479 e. The molecule has 164 valence electrons. The first kappa shape index (κ1) is 20.2. The number of rotatable bonds is 3. The molecule has 0 radical (unpaired) electrons. The molecule has 1 aromatic rings. The molecule has 2 bridgehead atoms. The van der Waals surface area contributed by atoms with Gasteiger partial charge in [-0.05, 0) is 61.4 Å². The second-order valence-electron chi connectivity index (χ2n) is 9.20. The summed E-state index contributed by atoms with van der Waals surface area (Å²) in [5.74, 6) is -0.342. The molecule has 5 rings (SSSR count). The van der Waals surface area contributed by atoms with E-state index in [2.05, 4.69) is 5.32 Å². The van der Waals surface area contributed by atoms with Gasteiger partial charge in [-0.2, -0.15) is 0 Å². The molecule has 4 aliphatic rings. The number of hydrogen-bond donors (Lipinski definition) is 5. The number of ether oxygens (including phenoxy) is 2. The molecule has 0 spiro atoms. The van der Waals surface area contributed by atoms with Gasteiger partial charge in [-0.3, -0.25) is 0 Å². The lowest BCUT2D eigenvalue weighted by molar-refractivity contribution is -0.271. The zero-order valence-corrected chi connectivity index (χ0v) is 16.7. The highest BCUT2D eigenvalue weighted by Gasteiger charge is 2.52. The van der Waals surface area contributed by atoms with Gasteiger partial charge in [0.05, 0.1) is 0 Å². The molecule has 0 amide bonds. The molecule has 2 heterocycles. The predicted molar refractivity (Wildman–Crippen MR) is 105 cm³/mol. The van der Waals surface area contributed by atoms with Crippen molar-refractivity contribution in [3.8, 4) is 5.75 Å². The van der Waals surface area contributed by atoms with Gasteiger partial charge in [0.2, 0.25) is 6.29 Å². The Balaban J connectivity index is 1.44. The Morgan fingerprint density at radius 3 is 2.77 bits per heavy atom. The van der Waals surface area contributed by atoms with E-state index >= 15 is 0 Å². The fourth-order valence-electron chi connectivity index (χ4n) is 6.26. The summed E-state index contributed by atoms with van der Waals surface area (Å²) in [6.45, 7) is 1.00. The average molecular weight is 419 g/mol. The Bertz CT molecular complexity index is 828. The maximum Gasteiger partial charge on any atom is 0.335 e. The van der Waals surface area contributed by atoms with Crippen molar-refractivity contribution >= 4 is 5.97 Å². The number of piperidine rings is 1. The molecule has 8 nitrogen and oxygen atoms in total. The quantitative estimate of drug-likeness (QED) is 0.473. The molecule has 1 aromatic carbocycles. The standard InChI is InChI=1S/C22H29NO7/c24-16-17(25)19(20(27)28)30-21(18(16)26)29-12-5-4-11-9-15-13-3-1-2-6-22(13,7-8-23-15)14(11)10-12/h4-5,10,13,15-19,21,23-26H,1-3,6-9H2,(H,27,28)/t13?,15?,16?,17-,18?,19?,21+,22?/m0/s1. The summed E-state index contributed by atoms with van der Waals surface area (Å²) in [6.07, 6.45) is -1.10. The van der Waals surface area contributed by atoms with E-state index in [1.54, 1.807) is 6.07 Å². The molecular weight excluding hydrogens is 390 g/mol. The summed E-state index contributed by atoms with van der Waals surface area (Å²) in [5, 5.41) is 43.1. The van der Waals surface area contributed by atoms with Gasteiger partial charge in [0.15, 0.2) is 6.10 Å². The van der Waals surface area contributed by atoms with Gasteiger partial charge in [0.25, 0.3) is 0 Å². The number of aliphatic hydroxyl groups is 3. The van der Waals surface area contributed by atoms with Gasteiger partial charge in [-0.15, -0.1) is 0 Å². The predicted octanol–water partition coefficient (Wildman–Crippen LogP) is 0.304. The second kappa shape index (κ2) is 7.46. The SMILES string of the molecule is O=C(O)C1O[C@@H](Oc2ccc3c(c2)C24CCCCC2C(C3)NCC4)C(O)C(O)[C@@H]1O. The minimum absolute atomic E-state index is 0.131. The Hall–Kier alpha value is -1.71. The third-order valence-electron chi connectivity index (χ3n) is 7.68. The van der Waals surface area contributed by atoms with Gasteiger partial charge >= 0.3 is 5.97 Å². The number of hydrogen-bond acceptors (Lipinski definition) is 7. The van der Waals surface area contributed by atoms with E-state index in [9.17, 15) is 25.2 Å². The first-order chi connectivity index (χ1) is 14.4. The van der Waals surface area contributed by atoms with Crippen molar-refractivity contribution < 1.29 is 34.7 Å². The number of carbonyl (C=O) groups is 1. The van der Waals surface area contributed by atoms with Gasteiger partial charge in [0.1, 0.15) is 24.1 Å². The first-order valence-electron chi connectivity index (χ1n) is 10.9. The molecule has 8 heteroatoms. The van der Waals surface area contributed by atoms with Crippen molar-refractivity contribution in [3.63, 3.8) is 0 Å². The lowest BCUT2D eigenvalue weighted by Gasteiger charge is -2.56. The van der Waals surface area contributed by atoms with E-state index in [0.29, 0.717) is 17.7 Å². The van der Waals surface area contributed by atoms with Crippen LogP contribution >= 0.6 is 0 Å². The Kier molecular flexibility index (Phi) is 5.02. The van der Waals surface area contributed by atoms with Crippen LogP contribution in [0.25, 0.3) is 0 Å². The largest absolute Gasteiger partial charge is 0.479 e. The van der Waals surface area contributed by atoms with Crippen LogP contribution in [-0.2, 0) is 21.4 Å². The van der Waals surface area contributed by atoms with E-state index in [4.69, 9.17) is 9.47 Å². The first-order valence-corrected chi connectivity index (χ1v) is 10.9. The van der Waals surface area contributed by atoms with E-state index in [1.165, 1.54) is 30.4 Å². The third-order valence-corrected chi connectivity index (χ3v) is 7.68. The van der Waals surface area contributed by atoms with Crippen LogP contribution in [0.1, 0.15) is 43.2 Å². The average Bonchev–Trinajstić information content (AvgIpc) is 2.74. The number of aliphatic hydroxyl groups excluding tert-OH is 3. The second-order valence-corrected chi connectivity index (χ2v) is 9.20. The number of nitrogens with one attached hydrogen (secondary N) is 1. The molecule has 0 aromatic heterocycles. The highest BCUT2D eigenvalue weighted by molar-refractivity contribution is 5.73. The molecule has 2 aliphatic heterocycles. The van der Waals surface area contributed by atoms with Crippen LogP contribution in [0.3, 0.4) is 0 Å². The number of benzene rings is 1. The van der Waals surface area contributed by atoms with Crippen molar-refractivity contribution in [3.05, 3.63) is 29.3 Å². The van der Waals surface area contributed by atoms with Crippen LogP contribution < -0.4 is 10.1 Å². The maximum atomic E-state index is 11.3. The molecule has 30 heavy (non-hydrogen) atoms. The van der Waals surface area contributed by atoms with E-state index in [0.717, 1.165) is 25.8 Å². The third kappa shape index (κ3) is 3.05. The Morgan fingerprint density at radius 2 is 1.97 bits per heavy atom. The van der Waals surface area contributed by atoms with Crippen LogP contribution in [0.5, 0.6) is 5.75 Å². The summed E-state index contributed by atoms with van der Waals surface area (Å²) in [4.78, 5) is 11.3. The molecule has 1 saturated carbocycles. The molecular formula is C22H29NO7. The summed E-state index contributed by atoms with van der Waals surface area (Å²) in [5.41, 5.74) is 2.73. The molecule has 3 fully saturated rings. The van der Waals surface area contributed by atoms with Crippen molar-refractivity contribution in [2.24, 2.45) is 5.92 Å². The maximum absolute atomic E-state index is 11.3. The van der Waals surface area contributed by atoms with Crippen molar-refractivity contribution in [1.82, 2.24) is 5.32 Å². The summed E-state index contributed by atoms with van der Waals surface area (Å²) in [6, 6.07) is 6.37. The zero-order chi connectivity index (χ0) is 21.0. The van der Waals surface area contributed by atoms with Crippen LogP contribution in [0.4, 0.5) is 0 Å². The van der Waals surface area contributed by atoms with E-state index in [-0.39, 0.29) is 5.41 Å². The van der Waals surface area contributed by atoms with E-state index < -0.39 is 36.7 Å². The number of carboxylic acid groups (broad SMARTS) is 1. The van der Waals surface area contributed by atoms with E-state index in [1.807, 2.05) is 12.1 Å². The molecule has 6 unspecified atom stereocenters. The summed E-state index contributed by atoms with van der Waals surface area (Å²) < 4.78 is 11.1. The monoisotopic (exact) mass is 419 g/mol. The fraction of sp³-hybridized carbons (Fsp3) is 0.682. The summed E-state index contributed by atoms with van der Waals surface area (Å²) in [7, 11) is 0. The highest BCUT2D eigenvalue weighted by Crippen LogP contribution is 2.54. The number of aliphatic carboxylic acids is 1. The minimum atomic E-state index is -1.73. The van der Waals surface area contributed by atoms with Crippen molar-refractivity contribution in [2.45, 2.75) is 80.7 Å². The summed E-state index contributed by atoms with van der Waals surface area (Å²) >= 11 is 0. The van der Waals surface area contributed by atoms with Crippen LogP contribution in [0.2, 0.25) is 0 Å². The van der Waals surface area contributed by atoms with Crippen molar-refractivity contribution in [1.29, 1.82) is 0 Å². The molecule has 2 aliphatic carbocycles. The fourth-order valence-corrected chi connectivity index (χ4v) is 6.26. The zero-order valence-electron chi connectivity index (χ0n) is 16.7. The van der Waals surface area contributed by atoms with Gasteiger partial charge in [-0.25, -0.2) is 4.79 Å². The normalized spacial score (nSPS) is 42.7. The smallest absolute Gasteiger partial charge is 0.335 e. The molecule has 5 N–H and O–H groups in total. The van der Waals surface area contributed by atoms with Gasteiger partial charge < -0.3 is 35.2 Å². The lowest BCUT2D eigenvalue weighted by atomic mass is 9.53. The Labute approximate surface area is 174 Å². The topological polar surface area (TPSA) is 128 Å². The van der Waals surface area contributed by atoms with Crippen LogP contribution in [0.15, 0.2) is 18.2 Å². The van der Waals surface area contributed by atoms with Crippen LogP contribution in [0, 0.1) is 5.92 Å². The molecule has 2 saturated heterocycles. The van der Waals surface area contributed by atoms with Gasteiger partial charge in [0, 0.05) is 11.5 Å². The van der Waals surface area contributed by atoms with Crippen LogP contribution in [-0.4, -0.2) is 69.7 Å². The lowest BCUT2D eigenvalue weighted by Crippen LogP contribution is -2.61. The highest BCUT2D eigenvalue weighted by atomic mass is 16.7. The van der Waals surface area contributed by atoms with Crippen molar-refractivity contribution in [2.75, 3.05) is 6.54 Å². The number of carboxylic acids is 1. The number of fused-ring (bicyclic) bond motifs is 1. The van der Waals surface area contributed by atoms with Gasteiger partial charge in [-0.1, -0.05) is 18.9 Å². The Morgan fingerprint density at radius 1 is 1.13 bits per heavy atom.